The molecule has 1 saturated heterocycles. The molecule has 1 aliphatic rings. The summed E-state index contributed by atoms with van der Waals surface area (Å²) in [4.78, 5) is 15.5. The molecule has 2 rings (SSSR count). The van der Waals surface area contributed by atoms with Gasteiger partial charge in [-0.3, -0.25) is 4.57 Å². The third-order valence-electron chi connectivity index (χ3n) is 3.53. The Bertz CT molecular complexity index is 634. The normalized spacial score (nSPS) is 32.0. The fourth-order valence-corrected chi connectivity index (χ4v) is 2.36. The number of nitrogens with zero attached hydrogens (tertiary/aromatic N) is 2. The SMILES string of the molecule is Nc1nc(=O)n([C@@H]2O[C@@](CO)(CF)[C@@H](O)[C@H]2O)cc1C=CCl. The second-order valence-corrected chi connectivity index (χ2v) is 5.12. The number of rotatable bonds is 4. The van der Waals surface area contributed by atoms with E-state index in [1.54, 1.807) is 0 Å². The largest absolute Gasteiger partial charge is 0.393 e. The van der Waals surface area contributed by atoms with Crippen molar-refractivity contribution in [2.75, 3.05) is 19.0 Å². The monoisotopic (exact) mass is 335 g/mol. The second kappa shape index (κ2) is 6.31. The second-order valence-electron chi connectivity index (χ2n) is 4.86. The highest BCUT2D eigenvalue weighted by atomic mass is 35.5. The standard InChI is InChI=1S/C12H15ClFN3O5/c13-2-1-6-3-17(11(21)16-9(6)15)10-7(19)8(20)12(4-14,5-18)22-10/h1-3,7-8,10,18-20H,4-5H2,(H2,15,16,21)/t7-,8+,10-,12-/m1/s1. The first kappa shape index (κ1) is 16.8. The predicted octanol–water partition coefficient (Wildman–Crippen LogP) is -1.01. The molecule has 0 bridgehead atoms. The molecule has 2 heterocycles. The third-order valence-corrected chi connectivity index (χ3v) is 3.66. The zero-order valence-corrected chi connectivity index (χ0v) is 12.0. The summed E-state index contributed by atoms with van der Waals surface area (Å²) < 4.78 is 19.2. The molecule has 0 aromatic carbocycles. The molecule has 22 heavy (non-hydrogen) atoms. The lowest BCUT2D eigenvalue weighted by atomic mass is 9.98. The van der Waals surface area contributed by atoms with Crippen LogP contribution in [0.2, 0.25) is 0 Å². The number of alkyl halides is 1. The Hall–Kier alpha value is -1.52. The topological polar surface area (TPSA) is 131 Å². The zero-order valence-electron chi connectivity index (χ0n) is 11.3. The van der Waals surface area contributed by atoms with Crippen molar-refractivity contribution in [2.45, 2.75) is 24.0 Å². The number of aliphatic hydroxyl groups is 3. The molecule has 0 unspecified atom stereocenters. The molecular weight excluding hydrogens is 321 g/mol. The van der Waals surface area contributed by atoms with E-state index in [0.717, 1.165) is 10.1 Å². The first-order chi connectivity index (χ1) is 10.4. The molecule has 10 heteroatoms. The van der Waals surface area contributed by atoms with Crippen LogP contribution < -0.4 is 11.4 Å². The Morgan fingerprint density at radius 1 is 1.59 bits per heavy atom. The molecular formula is C12H15ClFN3O5. The molecule has 4 atom stereocenters. The fourth-order valence-electron chi connectivity index (χ4n) is 2.23. The van der Waals surface area contributed by atoms with Gasteiger partial charge in [-0.15, -0.1) is 0 Å². The third kappa shape index (κ3) is 2.61. The Labute approximate surface area is 129 Å². The zero-order chi connectivity index (χ0) is 16.5. The molecule has 1 aliphatic heterocycles. The summed E-state index contributed by atoms with van der Waals surface area (Å²) >= 11 is 5.45. The summed E-state index contributed by atoms with van der Waals surface area (Å²) in [6.45, 7) is -2.12. The number of nitrogens with two attached hydrogens (primary N) is 1. The van der Waals surface area contributed by atoms with Crippen molar-refractivity contribution < 1.29 is 24.4 Å². The number of hydrogen-bond acceptors (Lipinski definition) is 7. The highest BCUT2D eigenvalue weighted by Gasteiger charge is 2.55. The first-order valence-electron chi connectivity index (χ1n) is 6.26. The van der Waals surface area contributed by atoms with Gasteiger partial charge in [0.15, 0.2) is 11.8 Å². The van der Waals surface area contributed by atoms with Crippen molar-refractivity contribution in [3.05, 3.63) is 27.8 Å². The number of anilines is 1. The van der Waals surface area contributed by atoms with E-state index >= 15 is 0 Å². The maximum absolute atomic E-state index is 13.1. The lowest BCUT2D eigenvalue weighted by Crippen LogP contribution is -2.48. The van der Waals surface area contributed by atoms with Crippen molar-refractivity contribution in [1.29, 1.82) is 0 Å². The predicted molar refractivity (Wildman–Crippen MR) is 75.7 cm³/mol. The highest BCUT2D eigenvalue weighted by Crippen LogP contribution is 2.37. The summed E-state index contributed by atoms with van der Waals surface area (Å²) in [5.74, 6) is -0.0925. The van der Waals surface area contributed by atoms with Crippen LogP contribution in [0.5, 0.6) is 0 Å². The summed E-state index contributed by atoms with van der Waals surface area (Å²) in [5, 5.41) is 29.1. The number of hydrogen-bond donors (Lipinski definition) is 4. The lowest BCUT2D eigenvalue weighted by molar-refractivity contribution is -0.138. The van der Waals surface area contributed by atoms with Crippen molar-refractivity contribution in [3.8, 4) is 0 Å². The number of nitrogen functional groups attached to an aromatic ring is 1. The van der Waals surface area contributed by atoms with Gasteiger partial charge in [0.2, 0.25) is 0 Å². The minimum atomic E-state index is -2.01. The molecule has 0 aliphatic carbocycles. The summed E-state index contributed by atoms with van der Waals surface area (Å²) in [5.41, 5.74) is 4.09. The van der Waals surface area contributed by atoms with E-state index in [-0.39, 0.29) is 11.4 Å². The smallest absolute Gasteiger partial charge is 0.351 e. The minimum absolute atomic E-state index is 0.0925. The summed E-state index contributed by atoms with van der Waals surface area (Å²) in [6, 6.07) is 0. The maximum atomic E-state index is 13.1. The van der Waals surface area contributed by atoms with Crippen LogP contribution in [0, 0.1) is 0 Å². The van der Waals surface area contributed by atoms with E-state index in [1.807, 2.05) is 0 Å². The highest BCUT2D eigenvalue weighted by molar-refractivity contribution is 6.27. The molecule has 5 N–H and O–H groups in total. The van der Waals surface area contributed by atoms with Crippen LogP contribution >= 0.6 is 11.6 Å². The van der Waals surface area contributed by atoms with E-state index in [0.29, 0.717) is 0 Å². The van der Waals surface area contributed by atoms with Crippen LogP contribution in [-0.2, 0) is 4.74 Å². The van der Waals surface area contributed by atoms with Gasteiger partial charge in [0.05, 0.1) is 6.61 Å². The molecule has 122 valence electrons. The maximum Gasteiger partial charge on any atom is 0.351 e. The number of halogens is 2. The van der Waals surface area contributed by atoms with Crippen LogP contribution in [0.3, 0.4) is 0 Å². The Morgan fingerprint density at radius 3 is 2.77 bits per heavy atom. The van der Waals surface area contributed by atoms with Crippen molar-refractivity contribution in [2.24, 2.45) is 0 Å². The lowest BCUT2D eigenvalue weighted by Gasteiger charge is -2.26. The van der Waals surface area contributed by atoms with Crippen molar-refractivity contribution in [3.63, 3.8) is 0 Å². The van der Waals surface area contributed by atoms with E-state index in [9.17, 15) is 24.5 Å². The van der Waals surface area contributed by atoms with Crippen molar-refractivity contribution in [1.82, 2.24) is 9.55 Å². The van der Waals surface area contributed by atoms with Crippen LogP contribution in [0.4, 0.5) is 10.2 Å². The van der Waals surface area contributed by atoms with Gasteiger partial charge in [-0.25, -0.2) is 9.18 Å². The van der Waals surface area contributed by atoms with Crippen LogP contribution in [0.1, 0.15) is 11.8 Å². The Kier molecular flexibility index (Phi) is 4.83. The van der Waals surface area contributed by atoms with Gasteiger partial charge < -0.3 is 25.8 Å². The van der Waals surface area contributed by atoms with Crippen LogP contribution in [0.25, 0.3) is 6.08 Å². The molecule has 8 nitrogen and oxygen atoms in total. The van der Waals surface area contributed by atoms with Crippen LogP contribution in [-0.4, -0.2) is 56.0 Å². The molecule has 1 fully saturated rings. The van der Waals surface area contributed by atoms with Gasteiger partial charge in [-0.2, -0.15) is 4.98 Å². The van der Waals surface area contributed by atoms with Gasteiger partial charge in [-0.1, -0.05) is 11.6 Å². The van der Waals surface area contributed by atoms with Crippen LogP contribution in [0.15, 0.2) is 16.5 Å². The Morgan fingerprint density at radius 2 is 2.27 bits per heavy atom. The average molecular weight is 336 g/mol. The van der Waals surface area contributed by atoms with E-state index in [4.69, 9.17) is 22.1 Å². The van der Waals surface area contributed by atoms with Gasteiger partial charge >= 0.3 is 5.69 Å². The summed E-state index contributed by atoms with van der Waals surface area (Å²) in [7, 11) is 0. The van der Waals surface area contributed by atoms with Gasteiger partial charge in [0.1, 0.15) is 24.7 Å². The molecule has 1 aromatic rings. The van der Waals surface area contributed by atoms with Gasteiger partial charge in [0, 0.05) is 17.3 Å². The molecule has 1 aromatic heterocycles. The molecule has 0 spiro atoms. The molecule has 0 saturated carbocycles. The summed E-state index contributed by atoms with van der Waals surface area (Å²) in [6.07, 6.45) is -2.23. The number of aromatic nitrogens is 2. The van der Waals surface area contributed by atoms with Gasteiger partial charge in [-0.05, 0) is 6.08 Å². The van der Waals surface area contributed by atoms with E-state index in [2.05, 4.69) is 4.98 Å². The average Bonchev–Trinajstić information content (AvgIpc) is 2.75. The fraction of sp³-hybridized carbons (Fsp3) is 0.500. The minimum Gasteiger partial charge on any atom is -0.393 e. The van der Waals surface area contributed by atoms with Gasteiger partial charge in [0.25, 0.3) is 0 Å². The van der Waals surface area contributed by atoms with E-state index in [1.165, 1.54) is 12.3 Å². The molecule has 0 radical (unpaired) electrons. The number of aliphatic hydroxyl groups excluding tert-OH is 3. The quantitative estimate of drug-likeness (QED) is 0.554. The first-order valence-corrected chi connectivity index (χ1v) is 6.70. The van der Waals surface area contributed by atoms with Crippen molar-refractivity contribution >= 4 is 23.5 Å². The molecule has 0 amide bonds. The number of ether oxygens (including phenoxy) is 1. The Balaban J connectivity index is 2.49. The van der Waals surface area contributed by atoms with E-state index < -0.39 is 43.0 Å².